The molecule has 5 heteroatoms. The van der Waals surface area contributed by atoms with Crippen LogP contribution in [0.15, 0.2) is 15.3 Å². The lowest BCUT2D eigenvalue weighted by atomic mass is 9.88. The van der Waals surface area contributed by atoms with E-state index in [0.717, 1.165) is 53.3 Å². The van der Waals surface area contributed by atoms with E-state index in [2.05, 4.69) is 0 Å². The van der Waals surface area contributed by atoms with Gasteiger partial charge in [0.25, 0.3) is 0 Å². The quantitative estimate of drug-likeness (QED) is 0.882. The average molecular weight is 302 g/mol. The van der Waals surface area contributed by atoms with Gasteiger partial charge in [-0.1, -0.05) is 0 Å². The van der Waals surface area contributed by atoms with Gasteiger partial charge in [-0.05, 0) is 56.7 Å². The lowest BCUT2D eigenvalue weighted by molar-refractivity contribution is -0.139. The molecule has 0 fully saturated rings. The van der Waals surface area contributed by atoms with Crippen molar-refractivity contribution in [3.63, 3.8) is 0 Å². The van der Waals surface area contributed by atoms with Gasteiger partial charge < -0.3 is 14.3 Å². The number of fused-ring (bicyclic) bond motifs is 3. The van der Waals surface area contributed by atoms with Crippen molar-refractivity contribution >= 4 is 16.9 Å². The zero-order valence-electron chi connectivity index (χ0n) is 12.7. The van der Waals surface area contributed by atoms with Gasteiger partial charge in [-0.25, -0.2) is 9.59 Å². The van der Waals surface area contributed by atoms with Crippen LogP contribution in [-0.2, 0) is 17.6 Å². The number of aliphatic carboxylic acids is 1. The minimum atomic E-state index is -1.01. The molecule has 1 aliphatic carbocycles. The predicted octanol–water partition coefficient (Wildman–Crippen LogP) is 2.75. The second-order valence-electron chi connectivity index (χ2n) is 5.76. The van der Waals surface area contributed by atoms with Crippen LogP contribution in [0.2, 0.25) is 0 Å². The molecule has 0 saturated carbocycles. The highest BCUT2D eigenvalue weighted by molar-refractivity contribution is 5.88. The van der Waals surface area contributed by atoms with Crippen LogP contribution in [0.1, 0.15) is 35.1 Å². The number of hydrogen-bond acceptors (Lipinski definition) is 4. The SMILES string of the molecule is Cc1cc2oc(=O)c3c(c2c(C)c1OCC(=O)O)CCCC3. The largest absolute Gasteiger partial charge is 0.481 e. The zero-order valence-corrected chi connectivity index (χ0v) is 12.7. The molecule has 0 amide bonds. The first-order valence-corrected chi connectivity index (χ1v) is 7.42. The minimum Gasteiger partial charge on any atom is -0.481 e. The van der Waals surface area contributed by atoms with E-state index in [1.807, 2.05) is 13.8 Å². The van der Waals surface area contributed by atoms with E-state index in [-0.39, 0.29) is 12.2 Å². The summed E-state index contributed by atoms with van der Waals surface area (Å²) in [5.41, 5.74) is 3.72. The zero-order chi connectivity index (χ0) is 15.9. The molecule has 1 heterocycles. The Hall–Kier alpha value is -2.30. The monoisotopic (exact) mass is 302 g/mol. The standard InChI is InChI=1S/C17H18O5/c1-9-7-13-15(10(2)16(9)21-8-14(18)19)11-5-3-4-6-12(11)17(20)22-13/h7H,3-6,8H2,1-2H3,(H,18,19). The van der Waals surface area contributed by atoms with Crippen LogP contribution in [0.3, 0.4) is 0 Å². The maximum absolute atomic E-state index is 12.1. The number of carboxylic acid groups (broad SMARTS) is 1. The molecule has 1 aromatic heterocycles. The highest BCUT2D eigenvalue weighted by Gasteiger charge is 2.22. The number of carbonyl (C=O) groups is 1. The molecule has 0 aliphatic heterocycles. The maximum atomic E-state index is 12.1. The molecule has 22 heavy (non-hydrogen) atoms. The van der Waals surface area contributed by atoms with Gasteiger partial charge >= 0.3 is 11.6 Å². The smallest absolute Gasteiger partial charge is 0.341 e. The Morgan fingerprint density at radius 2 is 1.95 bits per heavy atom. The van der Waals surface area contributed by atoms with Crippen molar-refractivity contribution in [3.05, 3.63) is 38.7 Å². The van der Waals surface area contributed by atoms with Gasteiger partial charge in [-0.2, -0.15) is 0 Å². The number of ether oxygens (including phenoxy) is 1. The van der Waals surface area contributed by atoms with Crippen molar-refractivity contribution in [2.75, 3.05) is 6.61 Å². The molecule has 0 spiro atoms. The van der Waals surface area contributed by atoms with Crippen molar-refractivity contribution in [2.45, 2.75) is 39.5 Å². The van der Waals surface area contributed by atoms with Gasteiger partial charge in [0.05, 0.1) is 0 Å². The lowest BCUT2D eigenvalue weighted by Gasteiger charge is -2.19. The molecule has 2 aromatic rings. The Labute approximate surface area is 127 Å². The molecule has 116 valence electrons. The summed E-state index contributed by atoms with van der Waals surface area (Å²) >= 11 is 0. The first kappa shape index (κ1) is 14.6. The number of hydrogen-bond donors (Lipinski definition) is 1. The molecule has 0 atom stereocenters. The second kappa shape index (κ2) is 5.48. The van der Waals surface area contributed by atoms with Crippen LogP contribution >= 0.6 is 0 Å². The van der Waals surface area contributed by atoms with Gasteiger partial charge in [0, 0.05) is 16.5 Å². The Balaban J connectivity index is 2.26. The summed E-state index contributed by atoms with van der Waals surface area (Å²) in [4.78, 5) is 22.9. The molecule has 1 aliphatic rings. The molecule has 0 unspecified atom stereocenters. The summed E-state index contributed by atoms with van der Waals surface area (Å²) in [7, 11) is 0. The number of carboxylic acids is 1. The molecule has 0 bridgehead atoms. The van der Waals surface area contributed by atoms with Crippen molar-refractivity contribution < 1.29 is 19.1 Å². The number of aryl methyl sites for hydroxylation is 3. The Morgan fingerprint density at radius 1 is 1.27 bits per heavy atom. The van der Waals surface area contributed by atoms with Crippen LogP contribution in [0.4, 0.5) is 0 Å². The molecular weight excluding hydrogens is 284 g/mol. The fourth-order valence-corrected chi connectivity index (χ4v) is 3.31. The Morgan fingerprint density at radius 3 is 2.64 bits per heavy atom. The summed E-state index contributed by atoms with van der Waals surface area (Å²) < 4.78 is 10.9. The summed E-state index contributed by atoms with van der Waals surface area (Å²) in [6, 6.07) is 1.76. The first-order valence-electron chi connectivity index (χ1n) is 7.42. The van der Waals surface area contributed by atoms with E-state index >= 15 is 0 Å². The van der Waals surface area contributed by atoms with Crippen molar-refractivity contribution in [1.82, 2.24) is 0 Å². The van der Waals surface area contributed by atoms with Gasteiger partial charge in [0.15, 0.2) is 6.61 Å². The fraction of sp³-hybridized carbons (Fsp3) is 0.412. The third-order valence-corrected chi connectivity index (χ3v) is 4.23. The van der Waals surface area contributed by atoms with Crippen LogP contribution in [0.25, 0.3) is 11.0 Å². The van der Waals surface area contributed by atoms with E-state index in [4.69, 9.17) is 14.3 Å². The third kappa shape index (κ3) is 2.36. The summed E-state index contributed by atoms with van der Waals surface area (Å²) in [6.07, 6.45) is 3.63. The molecular formula is C17H18O5. The fourth-order valence-electron chi connectivity index (χ4n) is 3.31. The normalized spacial score (nSPS) is 13.9. The Bertz CT molecular complexity index is 816. The van der Waals surface area contributed by atoms with Gasteiger partial charge in [-0.15, -0.1) is 0 Å². The van der Waals surface area contributed by atoms with Crippen molar-refractivity contribution in [3.8, 4) is 5.75 Å². The lowest BCUT2D eigenvalue weighted by Crippen LogP contribution is -2.17. The van der Waals surface area contributed by atoms with Crippen molar-refractivity contribution in [1.29, 1.82) is 0 Å². The van der Waals surface area contributed by atoms with Crippen LogP contribution < -0.4 is 10.4 Å². The van der Waals surface area contributed by atoms with Gasteiger partial charge in [0.2, 0.25) is 0 Å². The van der Waals surface area contributed by atoms with E-state index in [1.54, 1.807) is 6.07 Å². The van der Waals surface area contributed by atoms with Crippen LogP contribution in [-0.4, -0.2) is 17.7 Å². The summed E-state index contributed by atoms with van der Waals surface area (Å²) in [5.74, 6) is -0.447. The molecule has 0 saturated heterocycles. The Kier molecular flexibility index (Phi) is 3.64. The van der Waals surface area contributed by atoms with Gasteiger partial charge in [-0.3, -0.25) is 0 Å². The second-order valence-corrected chi connectivity index (χ2v) is 5.76. The third-order valence-electron chi connectivity index (χ3n) is 4.23. The molecule has 0 radical (unpaired) electrons. The van der Waals surface area contributed by atoms with E-state index < -0.39 is 5.97 Å². The highest BCUT2D eigenvalue weighted by atomic mass is 16.5. The average Bonchev–Trinajstić information content (AvgIpc) is 2.46. The summed E-state index contributed by atoms with van der Waals surface area (Å²) in [6.45, 7) is 3.33. The topological polar surface area (TPSA) is 76.7 Å². The summed E-state index contributed by atoms with van der Waals surface area (Å²) in [5, 5.41) is 9.72. The maximum Gasteiger partial charge on any atom is 0.341 e. The van der Waals surface area contributed by atoms with E-state index in [1.165, 1.54) is 0 Å². The minimum absolute atomic E-state index is 0.250. The number of benzene rings is 1. The molecule has 1 N–H and O–H groups in total. The van der Waals surface area contributed by atoms with Gasteiger partial charge in [0.1, 0.15) is 11.3 Å². The molecule has 3 rings (SSSR count). The van der Waals surface area contributed by atoms with E-state index in [9.17, 15) is 9.59 Å². The molecule has 5 nitrogen and oxygen atoms in total. The van der Waals surface area contributed by atoms with Crippen LogP contribution in [0, 0.1) is 13.8 Å². The van der Waals surface area contributed by atoms with Crippen LogP contribution in [0.5, 0.6) is 5.75 Å². The first-order chi connectivity index (χ1) is 10.5. The highest BCUT2D eigenvalue weighted by Crippen LogP contribution is 2.35. The molecule has 1 aromatic carbocycles. The predicted molar refractivity (Wildman–Crippen MR) is 81.7 cm³/mol. The van der Waals surface area contributed by atoms with Crippen molar-refractivity contribution in [2.24, 2.45) is 0 Å². The van der Waals surface area contributed by atoms with E-state index in [0.29, 0.717) is 11.3 Å². The number of rotatable bonds is 3.